The van der Waals surface area contributed by atoms with E-state index in [2.05, 4.69) is 20.4 Å². The van der Waals surface area contributed by atoms with Crippen LogP contribution >= 0.6 is 0 Å². The van der Waals surface area contributed by atoms with Crippen LogP contribution in [0.25, 0.3) is 22.0 Å². The van der Waals surface area contributed by atoms with Crippen molar-refractivity contribution in [2.45, 2.75) is 71.6 Å². The van der Waals surface area contributed by atoms with Gasteiger partial charge in [-0.05, 0) is 53.2 Å². The predicted molar refractivity (Wildman–Crippen MR) is 146 cm³/mol. The number of nitrogens with zero attached hydrogens (tertiary/aromatic N) is 3. The Labute approximate surface area is 238 Å². The average molecular weight is 595 g/mol. The van der Waals surface area contributed by atoms with Gasteiger partial charge in [0.25, 0.3) is 0 Å². The highest BCUT2D eigenvalue weighted by Crippen LogP contribution is 2.46. The first-order valence-electron chi connectivity index (χ1n) is 13.3. The van der Waals surface area contributed by atoms with E-state index in [0.717, 1.165) is 6.07 Å². The van der Waals surface area contributed by atoms with Crippen molar-refractivity contribution in [3.63, 3.8) is 0 Å². The van der Waals surface area contributed by atoms with E-state index in [4.69, 9.17) is 15.5 Å². The molecule has 0 aliphatic carbocycles. The number of aromatic nitrogens is 2. The summed E-state index contributed by atoms with van der Waals surface area (Å²) in [5.41, 5.74) is 4.57. The minimum Gasteiger partial charge on any atom is -0.472 e. The summed E-state index contributed by atoms with van der Waals surface area (Å²) in [6.45, 7) is 11.1. The van der Waals surface area contributed by atoms with Gasteiger partial charge in [0.2, 0.25) is 11.8 Å². The molecule has 0 spiro atoms. The lowest BCUT2D eigenvalue weighted by Crippen LogP contribution is -2.65. The number of benzene rings is 1. The number of alkyl halides is 3. The summed E-state index contributed by atoms with van der Waals surface area (Å²) in [5.74, 6) is -3.74. The standard InChI is InChI=1S/C28H31F5N6O3/c1-11-12(2)36-24-20-19(11)21(30)22(15-7-14(34)8-16(29)23(15)42-28(31,32)33)37-26(20)41-13(3)18-9-35-17(10-39(18)24)25(40)38-27(4,5)6/h7-8,13,17-18,35H,9-10,34H2,1-6H3,(H,38,40). The van der Waals surface area contributed by atoms with Crippen LogP contribution in [0.15, 0.2) is 12.1 Å². The molecule has 0 saturated carbocycles. The van der Waals surface area contributed by atoms with Crippen LogP contribution in [0.3, 0.4) is 0 Å². The number of hydrogen-bond acceptors (Lipinski definition) is 8. The highest BCUT2D eigenvalue weighted by atomic mass is 19.4. The SMILES string of the molecule is Cc1nc2c3c(nc(-c4cc(N)cc(F)c4OC(F)(F)F)c(F)c3c1C)OC(C)C1CNC(C(=O)NC(C)(C)C)CN21. The fourth-order valence-electron chi connectivity index (χ4n) is 5.38. The first-order valence-corrected chi connectivity index (χ1v) is 13.3. The molecule has 2 aromatic heterocycles. The number of carbonyl (C=O) groups is 1. The zero-order valence-corrected chi connectivity index (χ0v) is 23.8. The minimum atomic E-state index is -5.27. The molecule has 4 N–H and O–H groups in total. The molecular weight excluding hydrogens is 563 g/mol. The topological polar surface area (TPSA) is 115 Å². The van der Waals surface area contributed by atoms with E-state index in [9.17, 15) is 22.4 Å². The van der Waals surface area contributed by atoms with Gasteiger partial charge in [-0.15, -0.1) is 13.2 Å². The number of fused-ring (bicyclic) bond motifs is 2. The molecule has 1 fully saturated rings. The Morgan fingerprint density at radius 1 is 1.17 bits per heavy atom. The summed E-state index contributed by atoms with van der Waals surface area (Å²) in [4.78, 5) is 23.9. The Morgan fingerprint density at radius 3 is 2.50 bits per heavy atom. The lowest BCUT2D eigenvalue weighted by Gasteiger charge is -2.42. The maximum absolute atomic E-state index is 16.5. The summed E-state index contributed by atoms with van der Waals surface area (Å²) < 4.78 is 81.1. The Hall–Kier alpha value is -3.94. The smallest absolute Gasteiger partial charge is 0.472 e. The van der Waals surface area contributed by atoms with Crippen molar-refractivity contribution >= 4 is 28.2 Å². The van der Waals surface area contributed by atoms with Crippen LogP contribution in [0.5, 0.6) is 11.6 Å². The summed E-state index contributed by atoms with van der Waals surface area (Å²) in [6.07, 6.45) is -5.86. The van der Waals surface area contributed by atoms with Crippen molar-refractivity contribution in [2.75, 3.05) is 23.7 Å². The van der Waals surface area contributed by atoms with E-state index in [1.54, 1.807) is 20.8 Å². The highest BCUT2D eigenvalue weighted by Gasteiger charge is 2.42. The van der Waals surface area contributed by atoms with Gasteiger partial charge >= 0.3 is 6.36 Å². The fraction of sp³-hybridized carbons (Fsp3) is 0.464. The number of ether oxygens (including phenoxy) is 2. The number of hydrogen-bond donors (Lipinski definition) is 3. The molecule has 0 radical (unpaired) electrons. The van der Waals surface area contributed by atoms with Crippen LogP contribution in [0.4, 0.5) is 33.5 Å². The largest absolute Gasteiger partial charge is 0.573 e. The number of aryl methyl sites for hydroxylation is 2. The summed E-state index contributed by atoms with van der Waals surface area (Å²) >= 11 is 0. The molecule has 3 aromatic rings. The number of nitrogens with one attached hydrogen (secondary N) is 2. The lowest BCUT2D eigenvalue weighted by atomic mass is 9.99. The van der Waals surface area contributed by atoms with Gasteiger partial charge in [-0.1, -0.05) is 0 Å². The van der Waals surface area contributed by atoms with Gasteiger partial charge in [-0.3, -0.25) is 4.79 Å². The fourth-order valence-corrected chi connectivity index (χ4v) is 5.38. The van der Waals surface area contributed by atoms with E-state index < -0.39 is 52.7 Å². The maximum Gasteiger partial charge on any atom is 0.573 e. The number of rotatable bonds is 3. The number of pyridine rings is 2. The van der Waals surface area contributed by atoms with E-state index in [0.29, 0.717) is 29.7 Å². The molecule has 1 amide bonds. The molecule has 2 aliphatic heterocycles. The van der Waals surface area contributed by atoms with Crippen molar-refractivity contribution in [3.05, 3.63) is 35.0 Å². The van der Waals surface area contributed by atoms with E-state index >= 15 is 4.39 Å². The van der Waals surface area contributed by atoms with Crippen LogP contribution in [0.2, 0.25) is 0 Å². The lowest BCUT2D eigenvalue weighted by molar-refractivity contribution is -0.275. The van der Waals surface area contributed by atoms with Crippen molar-refractivity contribution in [1.82, 2.24) is 20.6 Å². The molecule has 226 valence electrons. The van der Waals surface area contributed by atoms with Crippen molar-refractivity contribution in [3.8, 4) is 22.9 Å². The zero-order chi connectivity index (χ0) is 30.9. The molecule has 4 heterocycles. The number of nitrogens with two attached hydrogens (primary N) is 1. The van der Waals surface area contributed by atoms with Crippen molar-refractivity contribution in [2.24, 2.45) is 0 Å². The van der Waals surface area contributed by atoms with Gasteiger partial charge in [0.1, 0.15) is 23.7 Å². The van der Waals surface area contributed by atoms with E-state index in [1.165, 1.54) is 0 Å². The highest BCUT2D eigenvalue weighted by molar-refractivity contribution is 6.02. The van der Waals surface area contributed by atoms with Crippen molar-refractivity contribution < 1.29 is 36.2 Å². The van der Waals surface area contributed by atoms with E-state index in [1.807, 2.05) is 25.7 Å². The molecule has 2 aliphatic rings. The normalized spacial score (nSPS) is 20.5. The second-order valence-corrected chi connectivity index (χ2v) is 11.6. The first-order chi connectivity index (χ1) is 19.4. The Balaban J connectivity index is 1.73. The van der Waals surface area contributed by atoms with Crippen molar-refractivity contribution in [1.29, 1.82) is 0 Å². The van der Waals surface area contributed by atoms with Gasteiger partial charge in [0, 0.05) is 41.5 Å². The van der Waals surface area contributed by atoms with Crippen LogP contribution in [-0.2, 0) is 4.79 Å². The van der Waals surface area contributed by atoms with Gasteiger partial charge in [0.15, 0.2) is 17.4 Å². The number of carbonyl (C=O) groups excluding carboxylic acids is 1. The molecule has 3 atom stereocenters. The molecule has 3 unspecified atom stereocenters. The second kappa shape index (κ2) is 10.1. The zero-order valence-electron chi connectivity index (χ0n) is 23.8. The van der Waals surface area contributed by atoms with Gasteiger partial charge in [-0.2, -0.15) is 0 Å². The van der Waals surface area contributed by atoms with Crippen LogP contribution in [0.1, 0.15) is 39.0 Å². The van der Waals surface area contributed by atoms with Crippen LogP contribution in [-0.4, -0.2) is 59.1 Å². The molecule has 1 aromatic carbocycles. The summed E-state index contributed by atoms with van der Waals surface area (Å²) in [5, 5.41) is 6.37. The number of amides is 1. The Kier molecular flexibility index (Phi) is 7.11. The molecule has 5 rings (SSSR count). The third kappa shape index (κ3) is 5.35. The van der Waals surface area contributed by atoms with Crippen LogP contribution < -0.4 is 30.7 Å². The number of piperazine rings is 1. The Morgan fingerprint density at radius 2 is 1.86 bits per heavy atom. The summed E-state index contributed by atoms with van der Waals surface area (Å²) in [7, 11) is 0. The second-order valence-electron chi connectivity index (χ2n) is 11.6. The monoisotopic (exact) mass is 594 g/mol. The molecular formula is C28H31F5N6O3. The molecule has 9 nitrogen and oxygen atoms in total. The molecule has 0 bridgehead atoms. The van der Waals surface area contributed by atoms with E-state index in [-0.39, 0.29) is 40.8 Å². The van der Waals surface area contributed by atoms with Gasteiger partial charge in [0.05, 0.1) is 17.0 Å². The third-order valence-corrected chi connectivity index (χ3v) is 7.34. The van der Waals surface area contributed by atoms with Gasteiger partial charge in [-0.25, -0.2) is 18.7 Å². The molecule has 1 saturated heterocycles. The minimum absolute atomic E-state index is 0.0135. The number of nitrogen functional groups attached to an aromatic ring is 1. The van der Waals surface area contributed by atoms with Gasteiger partial charge < -0.3 is 30.7 Å². The molecule has 42 heavy (non-hydrogen) atoms. The third-order valence-electron chi connectivity index (χ3n) is 7.34. The first kappa shape index (κ1) is 29.5. The predicted octanol–water partition coefficient (Wildman–Crippen LogP) is 4.52. The maximum atomic E-state index is 16.5. The summed E-state index contributed by atoms with van der Waals surface area (Å²) in [6, 6.07) is 0.619. The number of anilines is 2. The Bertz CT molecular complexity index is 1590. The molecule has 14 heteroatoms. The average Bonchev–Trinajstić information content (AvgIpc) is 2.97. The number of halogens is 5. The van der Waals surface area contributed by atoms with Crippen LogP contribution in [0, 0.1) is 25.5 Å². The quantitative estimate of drug-likeness (QED) is 0.300.